The van der Waals surface area contributed by atoms with Crippen LogP contribution >= 0.6 is 0 Å². The van der Waals surface area contributed by atoms with E-state index in [0.29, 0.717) is 5.92 Å². The Kier molecular flexibility index (Phi) is 2.89. The summed E-state index contributed by atoms with van der Waals surface area (Å²) in [6.45, 7) is 5.14. The van der Waals surface area contributed by atoms with Crippen LogP contribution in [-0.4, -0.2) is 21.3 Å². The molecule has 3 N–H and O–H groups in total. The molecule has 2 aromatic rings. The van der Waals surface area contributed by atoms with E-state index in [0.717, 1.165) is 30.4 Å². The number of aromatic nitrogens is 3. The number of nitrogens with two attached hydrogens (primary N) is 1. The Hall–Kier alpha value is -2.04. The normalized spacial score (nSPS) is 18.2. The molecular weight excluding hydrogens is 238 g/mol. The van der Waals surface area contributed by atoms with Crippen molar-refractivity contribution >= 4 is 11.6 Å². The Morgan fingerprint density at radius 1 is 1.32 bits per heavy atom. The maximum atomic E-state index is 5.75. The zero-order valence-corrected chi connectivity index (χ0v) is 11.3. The SMILES string of the molecule is CC(C)c1nc2n(n1)C(c1ccc(N)cc1)CCN2. The zero-order valence-electron chi connectivity index (χ0n) is 11.3. The van der Waals surface area contributed by atoms with Crippen LogP contribution in [0.5, 0.6) is 0 Å². The van der Waals surface area contributed by atoms with Crippen LogP contribution in [0.1, 0.15) is 43.6 Å². The lowest BCUT2D eigenvalue weighted by Crippen LogP contribution is -2.24. The molecule has 0 fully saturated rings. The largest absolute Gasteiger partial charge is 0.399 e. The maximum absolute atomic E-state index is 5.75. The van der Waals surface area contributed by atoms with Gasteiger partial charge in [-0.05, 0) is 24.1 Å². The van der Waals surface area contributed by atoms with Gasteiger partial charge in [-0.2, -0.15) is 10.1 Å². The molecule has 1 aliphatic rings. The van der Waals surface area contributed by atoms with E-state index in [1.54, 1.807) is 0 Å². The number of anilines is 2. The van der Waals surface area contributed by atoms with Crippen LogP contribution in [0, 0.1) is 0 Å². The topological polar surface area (TPSA) is 68.8 Å². The molecular formula is C14H19N5. The van der Waals surface area contributed by atoms with Crippen molar-refractivity contribution in [3.05, 3.63) is 35.7 Å². The van der Waals surface area contributed by atoms with Gasteiger partial charge in [0.05, 0.1) is 6.04 Å². The Morgan fingerprint density at radius 3 is 2.74 bits per heavy atom. The molecule has 0 bridgehead atoms. The van der Waals surface area contributed by atoms with Crippen LogP contribution in [0.4, 0.5) is 11.6 Å². The van der Waals surface area contributed by atoms with Gasteiger partial charge in [-0.25, -0.2) is 4.68 Å². The fraction of sp³-hybridized carbons (Fsp3) is 0.429. The van der Waals surface area contributed by atoms with Gasteiger partial charge in [0.2, 0.25) is 5.95 Å². The van der Waals surface area contributed by atoms with E-state index < -0.39 is 0 Å². The van der Waals surface area contributed by atoms with Crippen molar-refractivity contribution in [1.82, 2.24) is 14.8 Å². The molecule has 2 heterocycles. The monoisotopic (exact) mass is 257 g/mol. The minimum Gasteiger partial charge on any atom is -0.399 e. The van der Waals surface area contributed by atoms with E-state index in [-0.39, 0.29) is 6.04 Å². The summed E-state index contributed by atoms with van der Waals surface area (Å²) in [5, 5.41) is 7.96. The summed E-state index contributed by atoms with van der Waals surface area (Å²) in [7, 11) is 0. The third-order valence-corrected chi connectivity index (χ3v) is 3.48. The highest BCUT2D eigenvalue weighted by atomic mass is 15.4. The summed E-state index contributed by atoms with van der Waals surface area (Å²) < 4.78 is 2.00. The number of fused-ring (bicyclic) bond motifs is 1. The van der Waals surface area contributed by atoms with Crippen molar-refractivity contribution in [3.8, 4) is 0 Å². The number of hydrogen-bond acceptors (Lipinski definition) is 4. The first-order valence-corrected chi connectivity index (χ1v) is 6.71. The standard InChI is InChI=1S/C14H19N5/c1-9(2)13-17-14-16-8-7-12(19(14)18-13)10-3-5-11(15)6-4-10/h3-6,9,12H,7-8,15H2,1-2H3,(H,16,17,18). The van der Waals surface area contributed by atoms with Crippen LogP contribution in [0.15, 0.2) is 24.3 Å². The van der Waals surface area contributed by atoms with Gasteiger partial charge in [-0.1, -0.05) is 26.0 Å². The second kappa shape index (κ2) is 4.57. The Labute approximate surface area is 112 Å². The molecule has 1 unspecified atom stereocenters. The van der Waals surface area contributed by atoms with Crippen LogP contribution in [0.25, 0.3) is 0 Å². The molecule has 19 heavy (non-hydrogen) atoms. The van der Waals surface area contributed by atoms with Crippen LogP contribution in [-0.2, 0) is 0 Å². The lowest BCUT2D eigenvalue weighted by atomic mass is 10.0. The van der Waals surface area contributed by atoms with Crippen molar-refractivity contribution in [2.45, 2.75) is 32.2 Å². The lowest BCUT2D eigenvalue weighted by molar-refractivity contribution is 0.475. The second-order valence-electron chi connectivity index (χ2n) is 5.29. The van der Waals surface area contributed by atoms with E-state index in [1.165, 1.54) is 5.56 Å². The minimum absolute atomic E-state index is 0.247. The van der Waals surface area contributed by atoms with Crippen LogP contribution in [0.3, 0.4) is 0 Å². The Bertz CT molecular complexity index is 570. The van der Waals surface area contributed by atoms with Crippen molar-refractivity contribution < 1.29 is 0 Å². The van der Waals surface area contributed by atoms with Crippen LogP contribution < -0.4 is 11.1 Å². The molecule has 5 nitrogen and oxygen atoms in total. The maximum Gasteiger partial charge on any atom is 0.221 e. The van der Waals surface area contributed by atoms with E-state index in [9.17, 15) is 0 Å². The number of nitrogens with zero attached hydrogens (tertiary/aromatic N) is 3. The number of benzene rings is 1. The van der Waals surface area contributed by atoms with Crippen molar-refractivity contribution in [3.63, 3.8) is 0 Å². The second-order valence-corrected chi connectivity index (χ2v) is 5.29. The Balaban J connectivity index is 1.99. The van der Waals surface area contributed by atoms with Crippen molar-refractivity contribution in [2.24, 2.45) is 0 Å². The summed E-state index contributed by atoms with van der Waals surface area (Å²) in [4.78, 5) is 4.56. The van der Waals surface area contributed by atoms with Crippen molar-refractivity contribution in [2.75, 3.05) is 17.6 Å². The summed E-state index contributed by atoms with van der Waals surface area (Å²) >= 11 is 0. The van der Waals surface area contributed by atoms with Crippen molar-refractivity contribution in [1.29, 1.82) is 0 Å². The lowest BCUT2D eigenvalue weighted by Gasteiger charge is -2.24. The molecule has 0 saturated heterocycles. The van der Waals surface area contributed by atoms with Gasteiger partial charge in [0.15, 0.2) is 5.82 Å². The smallest absolute Gasteiger partial charge is 0.221 e. The minimum atomic E-state index is 0.247. The summed E-state index contributed by atoms with van der Waals surface area (Å²) in [5.74, 6) is 2.11. The first-order chi connectivity index (χ1) is 9.15. The number of nitrogen functional groups attached to an aromatic ring is 1. The van der Waals surface area contributed by atoms with Gasteiger partial charge in [-0.15, -0.1) is 0 Å². The predicted molar refractivity (Wildman–Crippen MR) is 76.2 cm³/mol. The molecule has 0 amide bonds. The first-order valence-electron chi connectivity index (χ1n) is 6.71. The molecule has 1 aromatic heterocycles. The predicted octanol–water partition coefficient (Wildman–Crippen LogP) is 2.39. The third-order valence-electron chi connectivity index (χ3n) is 3.48. The molecule has 0 spiro atoms. The van der Waals surface area contributed by atoms with Gasteiger partial charge >= 0.3 is 0 Å². The molecule has 100 valence electrons. The summed E-state index contributed by atoms with van der Waals surface area (Å²) in [6.07, 6.45) is 1.01. The highest BCUT2D eigenvalue weighted by Gasteiger charge is 2.24. The fourth-order valence-corrected chi connectivity index (χ4v) is 2.39. The number of nitrogens with one attached hydrogen (secondary N) is 1. The summed E-state index contributed by atoms with van der Waals surface area (Å²) in [6, 6.07) is 8.28. The molecule has 1 aromatic carbocycles. The molecule has 5 heteroatoms. The quantitative estimate of drug-likeness (QED) is 0.810. The average molecular weight is 257 g/mol. The van der Waals surface area contributed by atoms with Gasteiger partial charge < -0.3 is 11.1 Å². The molecule has 0 aliphatic carbocycles. The highest BCUT2D eigenvalue weighted by Crippen LogP contribution is 2.29. The van der Waals surface area contributed by atoms with E-state index in [1.807, 2.05) is 16.8 Å². The van der Waals surface area contributed by atoms with E-state index in [4.69, 9.17) is 5.73 Å². The molecule has 3 rings (SSSR count). The number of hydrogen-bond donors (Lipinski definition) is 2. The highest BCUT2D eigenvalue weighted by molar-refractivity contribution is 5.41. The van der Waals surface area contributed by atoms with E-state index >= 15 is 0 Å². The zero-order chi connectivity index (χ0) is 13.4. The average Bonchev–Trinajstić information content (AvgIpc) is 2.83. The first kappa shape index (κ1) is 12.0. The molecule has 1 aliphatic heterocycles. The Morgan fingerprint density at radius 2 is 2.05 bits per heavy atom. The van der Waals surface area contributed by atoms with Gasteiger partial charge in [0.25, 0.3) is 0 Å². The summed E-state index contributed by atoms with van der Waals surface area (Å²) in [5.41, 5.74) is 7.77. The molecule has 1 atom stereocenters. The number of rotatable bonds is 2. The van der Waals surface area contributed by atoms with Crippen LogP contribution in [0.2, 0.25) is 0 Å². The van der Waals surface area contributed by atoms with Gasteiger partial charge in [0, 0.05) is 18.2 Å². The molecule has 0 saturated carbocycles. The van der Waals surface area contributed by atoms with Gasteiger partial charge in [-0.3, -0.25) is 0 Å². The van der Waals surface area contributed by atoms with E-state index in [2.05, 4.69) is 41.4 Å². The third kappa shape index (κ3) is 2.16. The fourth-order valence-electron chi connectivity index (χ4n) is 2.39. The van der Waals surface area contributed by atoms with Gasteiger partial charge in [0.1, 0.15) is 0 Å². The molecule has 0 radical (unpaired) electrons.